The van der Waals surface area contributed by atoms with Crippen molar-refractivity contribution in [1.29, 1.82) is 0 Å². The Balaban J connectivity index is 2.25. The molecule has 3 rings (SSSR count). The average Bonchev–Trinajstić information content (AvgIpc) is 2.94. The number of aromatic amines is 1. The number of hydrogen-bond acceptors (Lipinski definition) is 1. The Morgan fingerprint density at radius 3 is 1.95 bits per heavy atom. The predicted octanol–water partition coefficient (Wildman–Crippen LogP) is 4.05. The zero-order valence-electron chi connectivity index (χ0n) is 10.7. The van der Waals surface area contributed by atoms with Gasteiger partial charge in [0.1, 0.15) is 5.69 Å². The van der Waals surface area contributed by atoms with E-state index in [2.05, 4.69) is 4.98 Å². The molecule has 3 aromatic rings. The van der Waals surface area contributed by atoms with E-state index >= 15 is 0 Å². The Morgan fingerprint density at radius 2 is 1.40 bits per heavy atom. The Labute approximate surface area is 116 Å². The molecule has 2 N–H and O–H groups in total. The molecule has 20 heavy (non-hydrogen) atoms. The summed E-state index contributed by atoms with van der Waals surface area (Å²) in [5, 5.41) is 9.36. The van der Waals surface area contributed by atoms with Crippen LogP contribution in [0.3, 0.4) is 0 Å². The number of aromatic carboxylic acids is 1. The summed E-state index contributed by atoms with van der Waals surface area (Å²) in [6.07, 6.45) is 1.75. The molecule has 0 unspecified atom stereocenters. The molecule has 0 aliphatic heterocycles. The molecule has 0 bridgehead atoms. The number of carbonyl (C=O) groups is 1. The van der Waals surface area contributed by atoms with Gasteiger partial charge in [-0.3, -0.25) is 0 Å². The van der Waals surface area contributed by atoms with Gasteiger partial charge in [0.05, 0.1) is 0 Å². The second-order valence-corrected chi connectivity index (χ2v) is 4.49. The zero-order chi connectivity index (χ0) is 13.9. The van der Waals surface area contributed by atoms with Crippen molar-refractivity contribution in [3.05, 3.63) is 72.6 Å². The Hall–Kier alpha value is -2.81. The molecule has 1 aromatic heterocycles. The van der Waals surface area contributed by atoms with E-state index < -0.39 is 5.97 Å². The zero-order valence-corrected chi connectivity index (χ0v) is 10.7. The molecule has 98 valence electrons. The minimum atomic E-state index is -0.953. The van der Waals surface area contributed by atoms with Crippen LogP contribution in [0.4, 0.5) is 0 Å². The van der Waals surface area contributed by atoms with Gasteiger partial charge in [-0.15, -0.1) is 0 Å². The van der Waals surface area contributed by atoms with Crippen molar-refractivity contribution in [1.82, 2.24) is 4.98 Å². The van der Waals surface area contributed by atoms with Gasteiger partial charge in [-0.1, -0.05) is 60.7 Å². The highest BCUT2D eigenvalue weighted by Crippen LogP contribution is 2.34. The molecule has 0 spiro atoms. The standard InChI is InChI=1S/C17H13NO2/c19-17(20)16-15(13-9-5-2-6-10-13)14(11-18-16)12-7-3-1-4-8-12/h1-11,18H,(H,19,20). The summed E-state index contributed by atoms with van der Waals surface area (Å²) in [6, 6.07) is 19.3. The van der Waals surface area contributed by atoms with Gasteiger partial charge < -0.3 is 10.1 Å². The summed E-state index contributed by atoms with van der Waals surface area (Å²) in [7, 11) is 0. The predicted molar refractivity (Wildman–Crippen MR) is 78.6 cm³/mol. The first-order chi connectivity index (χ1) is 9.77. The molecule has 3 heteroatoms. The van der Waals surface area contributed by atoms with Crippen LogP contribution in [0.5, 0.6) is 0 Å². The first-order valence-corrected chi connectivity index (χ1v) is 6.33. The molecule has 0 radical (unpaired) electrons. The lowest BCUT2D eigenvalue weighted by Gasteiger charge is -2.06. The fourth-order valence-electron chi connectivity index (χ4n) is 2.34. The maximum atomic E-state index is 11.4. The van der Waals surface area contributed by atoms with E-state index in [1.807, 2.05) is 60.7 Å². The number of nitrogens with one attached hydrogen (secondary N) is 1. The number of carboxylic acids is 1. The molecule has 0 aliphatic rings. The maximum Gasteiger partial charge on any atom is 0.352 e. The van der Waals surface area contributed by atoms with Gasteiger partial charge in [0.15, 0.2) is 0 Å². The third-order valence-electron chi connectivity index (χ3n) is 3.24. The molecular weight excluding hydrogens is 250 g/mol. The van der Waals surface area contributed by atoms with E-state index in [0.717, 1.165) is 22.3 Å². The topological polar surface area (TPSA) is 53.1 Å². The molecular formula is C17H13NO2. The van der Waals surface area contributed by atoms with Gasteiger partial charge in [0, 0.05) is 17.3 Å². The summed E-state index contributed by atoms with van der Waals surface area (Å²) >= 11 is 0. The van der Waals surface area contributed by atoms with Crippen LogP contribution in [0.25, 0.3) is 22.3 Å². The summed E-state index contributed by atoms with van der Waals surface area (Å²) in [6.45, 7) is 0. The molecule has 1 heterocycles. The van der Waals surface area contributed by atoms with Crippen molar-refractivity contribution < 1.29 is 9.90 Å². The summed E-state index contributed by atoms with van der Waals surface area (Å²) in [4.78, 5) is 14.3. The van der Waals surface area contributed by atoms with Crippen LogP contribution in [-0.4, -0.2) is 16.1 Å². The lowest BCUT2D eigenvalue weighted by Crippen LogP contribution is -1.98. The third kappa shape index (κ3) is 2.10. The van der Waals surface area contributed by atoms with E-state index in [-0.39, 0.29) is 5.69 Å². The first-order valence-electron chi connectivity index (χ1n) is 6.33. The Bertz CT molecular complexity index is 730. The van der Waals surface area contributed by atoms with Crippen LogP contribution in [-0.2, 0) is 0 Å². The van der Waals surface area contributed by atoms with Gasteiger partial charge >= 0.3 is 5.97 Å². The van der Waals surface area contributed by atoms with E-state index in [9.17, 15) is 9.90 Å². The number of aromatic nitrogens is 1. The number of hydrogen-bond donors (Lipinski definition) is 2. The van der Waals surface area contributed by atoms with Crippen molar-refractivity contribution in [3.63, 3.8) is 0 Å². The average molecular weight is 263 g/mol. The fraction of sp³-hybridized carbons (Fsp3) is 0. The maximum absolute atomic E-state index is 11.4. The molecule has 3 nitrogen and oxygen atoms in total. The molecule has 0 atom stereocenters. The third-order valence-corrected chi connectivity index (χ3v) is 3.24. The molecule has 0 saturated heterocycles. The molecule has 0 fully saturated rings. The van der Waals surface area contributed by atoms with Crippen molar-refractivity contribution >= 4 is 5.97 Å². The number of rotatable bonds is 3. The SMILES string of the molecule is O=C(O)c1[nH]cc(-c2ccccc2)c1-c1ccccc1. The van der Waals surface area contributed by atoms with Crippen molar-refractivity contribution in [2.45, 2.75) is 0 Å². The van der Waals surface area contributed by atoms with Gasteiger partial charge in [-0.05, 0) is 11.1 Å². The first kappa shape index (κ1) is 12.2. The largest absolute Gasteiger partial charge is 0.477 e. The summed E-state index contributed by atoms with van der Waals surface area (Å²) in [5.74, 6) is -0.953. The van der Waals surface area contributed by atoms with Crippen LogP contribution in [0, 0.1) is 0 Å². The van der Waals surface area contributed by atoms with Crippen LogP contribution in [0.2, 0.25) is 0 Å². The highest BCUT2D eigenvalue weighted by molar-refractivity contribution is 6.00. The van der Waals surface area contributed by atoms with Crippen LogP contribution in [0.1, 0.15) is 10.5 Å². The van der Waals surface area contributed by atoms with E-state index in [1.165, 1.54) is 0 Å². The van der Waals surface area contributed by atoms with Gasteiger partial charge in [-0.25, -0.2) is 4.79 Å². The van der Waals surface area contributed by atoms with Crippen molar-refractivity contribution in [3.8, 4) is 22.3 Å². The highest BCUT2D eigenvalue weighted by Gasteiger charge is 2.18. The minimum absolute atomic E-state index is 0.218. The van der Waals surface area contributed by atoms with Gasteiger partial charge in [0.2, 0.25) is 0 Å². The summed E-state index contributed by atoms with van der Waals surface area (Å²) in [5.41, 5.74) is 3.73. The number of carboxylic acid groups (broad SMARTS) is 1. The fourth-order valence-corrected chi connectivity index (χ4v) is 2.34. The monoisotopic (exact) mass is 263 g/mol. The smallest absolute Gasteiger partial charge is 0.352 e. The van der Waals surface area contributed by atoms with Crippen molar-refractivity contribution in [2.75, 3.05) is 0 Å². The van der Waals surface area contributed by atoms with Crippen LogP contribution in [0.15, 0.2) is 66.9 Å². The van der Waals surface area contributed by atoms with E-state index in [0.29, 0.717) is 0 Å². The Kier molecular flexibility index (Phi) is 3.09. The normalized spacial score (nSPS) is 10.4. The number of H-pyrrole nitrogens is 1. The second kappa shape index (κ2) is 5.05. The van der Waals surface area contributed by atoms with Crippen LogP contribution < -0.4 is 0 Å². The van der Waals surface area contributed by atoms with E-state index in [4.69, 9.17) is 0 Å². The van der Waals surface area contributed by atoms with Crippen molar-refractivity contribution in [2.24, 2.45) is 0 Å². The molecule has 2 aromatic carbocycles. The highest BCUT2D eigenvalue weighted by atomic mass is 16.4. The lowest BCUT2D eigenvalue weighted by atomic mass is 9.97. The van der Waals surface area contributed by atoms with Gasteiger partial charge in [0.25, 0.3) is 0 Å². The molecule has 0 amide bonds. The molecule has 0 aliphatic carbocycles. The quantitative estimate of drug-likeness (QED) is 0.749. The minimum Gasteiger partial charge on any atom is -0.477 e. The lowest BCUT2D eigenvalue weighted by molar-refractivity contribution is 0.0692. The van der Waals surface area contributed by atoms with E-state index in [1.54, 1.807) is 6.20 Å². The van der Waals surface area contributed by atoms with Gasteiger partial charge in [-0.2, -0.15) is 0 Å². The van der Waals surface area contributed by atoms with Crippen LogP contribution >= 0.6 is 0 Å². The second-order valence-electron chi connectivity index (χ2n) is 4.49. The summed E-state index contributed by atoms with van der Waals surface area (Å²) < 4.78 is 0. The number of benzene rings is 2. The Morgan fingerprint density at radius 1 is 0.850 bits per heavy atom. The molecule has 0 saturated carbocycles.